The van der Waals surface area contributed by atoms with Crippen molar-refractivity contribution in [2.24, 2.45) is 10.7 Å². The van der Waals surface area contributed by atoms with E-state index in [-0.39, 0.29) is 12.5 Å². The standard InChI is InChI=1S/C18H26N4O2/c19-18(21-14-7-2-1-3-8-14)20-11-6-12-22-15-9-4-5-10-16(15)24-13-17(22)23/h4-5,9-10,14H,1-3,6-8,11-13H2,(H3,19,20,21). The first-order chi connectivity index (χ1) is 11.7. The summed E-state index contributed by atoms with van der Waals surface area (Å²) >= 11 is 0. The van der Waals surface area contributed by atoms with Gasteiger partial charge in [0.15, 0.2) is 12.6 Å². The number of nitrogens with two attached hydrogens (primary N) is 1. The number of aliphatic imine (C=N–C) groups is 1. The van der Waals surface area contributed by atoms with Crippen molar-refractivity contribution in [3.05, 3.63) is 24.3 Å². The van der Waals surface area contributed by atoms with Gasteiger partial charge in [0, 0.05) is 19.1 Å². The molecule has 0 atom stereocenters. The zero-order valence-corrected chi connectivity index (χ0v) is 14.0. The number of nitrogens with one attached hydrogen (secondary N) is 1. The van der Waals surface area contributed by atoms with Crippen LogP contribution in [0.15, 0.2) is 29.3 Å². The summed E-state index contributed by atoms with van der Waals surface area (Å²) in [5.41, 5.74) is 6.80. The third kappa shape index (κ3) is 4.19. The number of rotatable bonds is 5. The maximum absolute atomic E-state index is 12.1. The van der Waals surface area contributed by atoms with Crippen LogP contribution in [0.25, 0.3) is 0 Å². The molecule has 1 amide bonds. The molecule has 1 aliphatic carbocycles. The lowest BCUT2D eigenvalue weighted by Crippen LogP contribution is -2.41. The van der Waals surface area contributed by atoms with Gasteiger partial charge in [-0.05, 0) is 31.4 Å². The predicted molar refractivity (Wildman–Crippen MR) is 95.4 cm³/mol. The number of guanidine groups is 1. The van der Waals surface area contributed by atoms with Crippen molar-refractivity contribution >= 4 is 17.6 Å². The lowest BCUT2D eigenvalue weighted by Gasteiger charge is -2.29. The van der Waals surface area contributed by atoms with E-state index in [0.717, 1.165) is 17.9 Å². The molecule has 1 saturated carbocycles. The van der Waals surface area contributed by atoms with E-state index in [1.807, 2.05) is 24.3 Å². The van der Waals surface area contributed by atoms with E-state index in [0.29, 0.717) is 25.1 Å². The Morgan fingerprint density at radius 2 is 2.08 bits per heavy atom. The maximum Gasteiger partial charge on any atom is 0.265 e. The largest absolute Gasteiger partial charge is 0.482 e. The lowest BCUT2D eigenvalue weighted by molar-refractivity contribution is -0.121. The molecule has 1 fully saturated rings. The summed E-state index contributed by atoms with van der Waals surface area (Å²) in [6, 6.07) is 8.09. The van der Waals surface area contributed by atoms with Crippen LogP contribution in [0.2, 0.25) is 0 Å². The van der Waals surface area contributed by atoms with E-state index in [9.17, 15) is 4.79 Å². The highest BCUT2D eigenvalue weighted by Gasteiger charge is 2.24. The molecule has 130 valence electrons. The Labute approximate surface area is 143 Å². The first-order valence-electron chi connectivity index (χ1n) is 8.82. The van der Waals surface area contributed by atoms with Crippen LogP contribution in [0.5, 0.6) is 5.75 Å². The van der Waals surface area contributed by atoms with Crippen LogP contribution < -0.4 is 20.7 Å². The minimum absolute atomic E-state index is 0.00835. The van der Waals surface area contributed by atoms with E-state index < -0.39 is 0 Å². The fourth-order valence-corrected chi connectivity index (χ4v) is 3.33. The van der Waals surface area contributed by atoms with Crippen molar-refractivity contribution in [2.45, 2.75) is 44.6 Å². The molecule has 3 N–H and O–H groups in total. The van der Waals surface area contributed by atoms with Crippen LogP contribution in [0, 0.1) is 0 Å². The van der Waals surface area contributed by atoms with Gasteiger partial charge in [-0.3, -0.25) is 9.79 Å². The Hall–Kier alpha value is -2.24. The highest BCUT2D eigenvalue weighted by Crippen LogP contribution is 2.31. The Balaban J connectivity index is 1.47. The summed E-state index contributed by atoms with van der Waals surface area (Å²) in [6.07, 6.45) is 6.98. The fourth-order valence-electron chi connectivity index (χ4n) is 3.33. The molecule has 0 unspecified atom stereocenters. The number of carbonyl (C=O) groups is 1. The number of nitrogens with zero attached hydrogens (tertiary/aromatic N) is 2. The van der Waals surface area contributed by atoms with Crippen molar-refractivity contribution in [1.82, 2.24) is 5.32 Å². The SMILES string of the molecule is NC(=NCCCN1C(=O)COc2ccccc21)NC1CCCCC1. The third-order valence-corrected chi connectivity index (χ3v) is 4.59. The average Bonchev–Trinajstić information content (AvgIpc) is 2.61. The molecule has 24 heavy (non-hydrogen) atoms. The monoisotopic (exact) mass is 330 g/mol. The molecule has 0 saturated heterocycles. The molecule has 1 aromatic carbocycles. The van der Waals surface area contributed by atoms with Gasteiger partial charge in [-0.25, -0.2) is 0 Å². The number of anilines is 1. The van der Waals surface area contributed by atoms with Crippen LogP contribution in [0.3, 0.4) is 0 Å². The summed E-state index contributed by atoms with van der Waals surface area (Å²) < 4.78 is 5.45. The number of ether oxygens (including phenoxy) is 1. The molecule has 1 aromatic rings. The van der Waals surface area contributed by atoms with Gasteiger partial charge in [0.1, 0.15) is 5.75 Å². The van der Waals surface area contributed by atoms with Gasteiger partial charge in [-0.15, -0.1) is 0 Å². The molecule has 0 radical (unpaired) electrons. The molecular weight excluding hydrogens is 304 g/mol. The van der Waals surface area contributed by atoms with Gasteiger partial charge in [-0.1, -0.05) is 31.4 Å². The molecule has 6 nitrogen and oxygen atoms in total. The number of fused-ring (bicyclic) bond motifs is 1. The fraction of sp³-hybridized carbons (Fsp3) is 0.556. The number of hydrogen-bond acceptors (Lipinski definition) is 3. The van der Waals surface area contributed by atoms with E-state index in [2.05, 4.69) is 10.3 Å². The van der Waals surface area contributed by atoms with Crippen molar-refractivity contribution in [2.75, 3.05) is 24.6 Å². The second kappa shape index (κ2) is 8.04. The van der Waals surface area contributed by atoms with Gasteiger partial charge < -0.3 is 20.7 Å². The quantitative estimate of drug-likeness (QED) is 0.492. The van der Waals surface area contributed by atoms with E-state index >= 15 is 0 Å². The smallest absolute Gasteiger partial charge is 0.265 e. The van der Waals surface area contributed by atoms with Gasteiger partial charge in [0.05, 0.1) is 5.69 Å². The first-order valence-corrected chi connectivity index (χ1v) is 8.82. The molecular formula is C18H26N4O2. The summed E-state index contributed by atoms with van der Waals surface area (Å²) in [5, 5.41) is 3.31. The molecule has 6 heteroatoms. The van der Waals surface area contributed by atoms with Gasteiger partial charge >= 0.3 is 0 Å². The van der Waals surface area contributed by atoms with Gasteiger partial charge in [-0.2, -0.15) is 0 Å². The second-order valence-corrected chi connectivity index (χ2v) is 6.40. The number of benzene rings is 1. The van der Waals surface area contributed by atoms with Crippen molar-refractivity contribution in [1.29, 1.82) is 0 Å². The minimum atomic E-state index is -0.00835. The van der Waals surface area contributed by atoms with Crippen LogP contribution in [-0.2, 0) is 4.79 Å². The summed E-state index contributed by atoms with van der Waals surface area (Å²) in [4.78, 5) is 18.3. The topological polar surface area (TPSA) is 80.0 Å². The van der Waals surface area contributed by atoms with Crippen molar-refractivity contribution in [3.8, 4) is 5.75 Å². The molecule has 0 spiro atoms. The van der Waals surface area contributed by atoms with E-state index in [1.54, 1.807) is 4.90 Å². The van der Waals surface area contributed by atoms with Crippen LogP contribution >= 0.6 is 0 Å². The Morgan fingerprint density at radius 3 is 2.92 bits per heavy atom. The van der Waals surface area contributed by atoms with E-state index in [1.165, 1.54) is 32.1 Å². The molecule has 0 bridgehead atoms. The maximum atomic E-state index is 12.1. The lowest BCUT2D eigenvalue weighted by atomic mass is 9.96. The molecule has 0 aromatic heterocycles. The number of carbonyl (C=O) groups excluding carboxylic acids is 1. The molecule has 2 aliphatic rings. The molecule has 1 heterocycles. The Bertz CT molecular complexity index is 596. The van der Waals surface area contributed by atoms with Crippen LogP contribution in [0.1, 0.15) is 38.5 Å². The van der Waals surface area contributed by atoms with E-state index in [4.69, 9.17) is 10.5 Å². The Morgan fingerprint density at radius 1 is 1.29 bits per heavy atom. The third-order valence-electron chi connectivity index (χ3n) is 4.59. The van der Waals surface area contributed by atoms with Gasteiger partial charge in [0.2, 0.25) is 0 Å². The normalized spacial score (nSPS) is 18.9. The van der Waals surface area contributed by atoms with Crippen LogP contribution in [-0.4, -0.2) is 37.6 Å². The summed E-state index contributed by atoms with van der Waals surface area (Å²) in [7, 11) is 0. The number of hydrogen-bond donors (Lipinski definition) is 2. The van der Waals surface area contributed by atoms with Crippen LogP contribution in [0.4, 0.5) is 5.69 Å². The zero-order valence-electron chi connectivity index (χ0n) is 14.0. The molecule has 3 rings (SSSR count). The number of amides is 1. The minimum Gasteiger partial charge on any atom is -0.482 e. The molecule has 1 aliphatic heterocycles. The highest BCUT2D eigenvalue weighted by atomic mass is 16.5. The van der Waals surface area contributed by atoms with Crippen molar-refractivity contribution < 1.29 is 9.53 Å². The Kier molecular flexibility index (Phi) is 5.56. The highest BCUT2D eigenvalue weighted by molar-refractivity contribution is 5.97. The average molecular weight is 330 g/mol. The summed E-state index contributed by atoms with van der Waals surface area (Å²) in [5.74, 6) is 1.28. The first kappa shape index (κ1) is 16.6. The summed E-state index contributed by atoms with van der Waals surface area (Å²) in [6.45, 7) is 1.34. The van der Waals surface area contributed by atoms with Crippen molar-refractivity contribution in [3.63, 3.8) is 0 Å². The zero-order chi connectivity index (χ0) is 16.8. The predicted octanol–water partition coefficient (Wildman–Crippen LogP) is 2.04. The number of para-hydroxylation sites is 2. The second-order valence-electron chi connectivity index (χ2n) is 6.40. The van der Waals surface area contributed by atoms with Gasteiger partial charge in [0.25, 0.3) is 5.91 Å².